The molecule has 0 radical (unpaired) electrons. The van der Waals surface area contributed by atoms with Crippen LogP contribution in [0.5, 0.6) is 11.5 Å². The maximum atomic E-state index is 12.2. The molecule has 3 rings (SSSR count). The minimum absolute atomic E-state index is 0.164. The third kappa shape index (κ3) is 3.68. The first-order chi connectivity index (χ1) is 12.1. The molecule has 2 aromatic rings. The Morgan fingerprint density at radius 3 is 2.64 bits per heavy atom. The summed E-state index contributed by atoms with van der Waals surface area (Å²) in [5.74, 6) is -0.223. The molecule has 25 heavy (non-hydrogen) atoms. The van der Waals surface area contributed by atoms with E-state index in [9.17, 15) is 14.4 Å². The van der Waals surface area contributed by atoms with Crippen LogP contribution in [0.3, 0.4) is 0 Å². The van der Waals surface area contributed by atoms with Gasteiger partial charge in [-0.25, -0.2) is 0 Å². The zero-order chi connectivity index (χ0) is 17.8. The average molecular weight is 339 g/mol. The van der Waals surface area contributed by atoms with Gasteiger partial charge in [0.25, 0.3) is 5.91 Å². The van der Waals surface area contributed by atoms with Crippen molar-refractivity contribution in [2.75, 3.05) is 18.5 Å². The van der Waals surface area contributed by atoms with E-state index in [0.717, 1.165) is 0 Å². The molecule has 1 aliphatic heterocycles. The Labute approximate surface area is 144 Å². The van der Waals surface area contributed by atoms with Crippen LogP contribution in [0.15, 0.2) is 42.5 Å². The van der Waals surface area contributed by atoms with Crippen LogP contribution < -0.4 is 14.8 Å². The molecular weight excluding hydrogens is 322 g/mol. The standard InChI is InChI=1S/C19H17NO5/c1-12(21)14-7-8-16(18-15(22)9-10-24-19(14)18)25-11-17(23)20-13-5-3-2-4-6-13/h2-8H,9-11H2,1H3,(H,20,23). The Bertz CT molecular complexity index is 829. The van der Waals surface area contributed by atoms with Crippen LogP contribution >= 0.6 is 0 Å². The Kier molecular flexibility index (Phi) is 4.79. The molecule has 2 aromatic carbocycles. The van der Waals surface area contributed by atoms with E-state index in [2.05, 4.69) is 5.32 Å². The molecular formula is C19H17NO5. The molecule has 0 fully saturated rings. The van der Waals surface area contributed by atoms with Crippen molar-refractivity contribution in [2.24, 2.45) is 0 Å². The molecule has 6 heteroatoms. The van der Waals surface area contributed by atoms with Gasteiger partial charge in [0.1, 0.15) is 17.1 Å². The first kappa shape index (κ1) is 16.7. The van der Waals surface area contributed by atoms with E-state index in [-0.39, 0.29) is 54.2 Å². The summed E-state index contributed by atoms with van der Waals surface area (Å²) >= 11 is 0. The number of amides is 1. The fourth-order valence-corrected chi connectivity index (χ4v) is 2.61. The number of ether oxygens (including phenoxy) is 2. The van der Waals surface area contributed by atoms with E-state index in [4.69, 9.17) is 9.47 Å². The number of anilines is 1. The third-order valence-corrected chi connectivity index (χ3v) is 3.77. The van der Waals surface area contributed by atoms with Crippen molar-refractivity contribution < 1.29 is 23.9 Å². The summed E-state index contributed by atoms with van der Waals surface area (Å²) in [5.41, 5.74) is 1.22. The van der Waals surface area contributed by atoms with Crippen molar-refractivity contribution in [1.29, 1.82) is 0 Å². The number of rotatable bonds is 5. The predicted octanol–water partition coefficient (Wildman–Crippen LogP) is 2.87. The van der Waals surface area contributed by atoms with Crippen LogP contribution in [0.4, 0.5) is 5.69 Å². The van der Waals surface area contributed by atoms with Gasteiger partial charge in [-0.2, -0.15) is 0 Å². The van der Waals surface area contributed by atoms with Crippen molar-refractivity contribution in [2.45, 2.75) is 13.3 Å². The maximum Gasteiger partial charge on any atom is 0.262 e. The monoisotopic (exact) mass is 339 g/mol. The van der Waals surface area contributed by atoms with Crippen LogP contribution in [-0.4, -0.2) is 30.7 Å². The molecule has 0 saturated carbocycles. The summed E-state index contributed by atoms with van der Waals surface area (Å²) in [7, 11) is 0. The summed E-state index contributed by atoms with van der Waals surface area (Å²) in [5, 5.41) is 2.70. The summed E-state index contributed by atoms with van der Waals surface area (Å²) in [6, 6.07) is 12.1. The summed E-state index contributed by atoms with van der Waals surface area (Å²) in [4.78, 5) is 36.0. The molecule has 1 aliphatic rings. The van der Waals surface area contributed by atoms with E-state index in [1.807, 2.05) is 18.2 Å². The lowest BCUT2D eigenvalue weighted by atomic mass is 9.98. The lowest BCUT2D eigenvalue weighted by Gasteiger charge is -2.21. The van der Waals surface area contributed by atoms with Gasteiger partial charge in [-0.05, 0) is 31.2 Å². The highest BCUT2D eigenvalue weighted by Gasteiger charge is 2.27. The van der Waals surface area contributed by atoms with Gasteiger partial charge in [0.05, 0.1) is 12.2 Å². The van der Waals surface area contributed by atoms with Crippen LogP contribution in [-0.2, 0) is 4.79 Å². The van der Waals surface area contributed by atoms with Crippen LogP contribution in [0.25, 0.3) is 0 Å². The number of Topliss-reactive ketones (excluding diaryl/α,β-unsaturated/α-hetero) is 2. The molecule has 1 N–H and O–H groups in total. The van der Waals surface area contributed by atoms with Gasteiger partial charge in [-0.1, -0.05) is 18.2 Å². The average Bonchev–Trinajstić information content (AvgIpc) is 2.60. The van der Waals surface area contributed by atoms with Crippen molar-refractivity contribution in [3.8, 4) is 11.5 Å². The fourth-order valence-electron chi connectivity index (χ4n) is 2.61. The molecule has 1 amide bonds. The number of hydrogen-bond donors (Lipinski definition) is 1. The first-order valence-electron chi connectivity index (χ1n) is 7.88. The number of benzene rings is 2. The number of ketones is 2. The quantitative estimate of drug-likeness (QED) is 0.847. The Morgan fingerprint density at radius 2 is 1.92 bits per heavy atom. The second-order valence-electron chi connectivity index (χ2n) is 5.60. The number of hydrogen-bond acceptors (Lipinski definition) is 5. The van der Waals surface area contributed by atoms with Gasteiger partial charge in [0.15, 0.2) is 18.2 Å². The number of fused-ring (bicyclic) bond motifs is 1. The second-order valence-corrected chi connectivity index (χ2v) is 5.60. The minimum atomic E-state index is -0.347. The van der Waals surface area contributed by atoms with Crippen molar-refractivity contribution in [3.05, 3.63) is 53.6 Å². The van der Waals surface area contributed by atoms with Crippen molar-refractivity contribution >= 4 is 23.2 Å². The molecule has 0 spiro atoms. The minimum Gasteiger partial charge on any atom is -0.491 e. The van der Waals surface area contributed by atoms with Gasteiger partial charge in [-0.3, -0.25) is 14.4 Å². The highest BCUT2D eigenvalue weighted by Crippen LogP contribution is 2.36. The van der Waals surface area contributed by atoms with Crippen LogP contribution in [0, 0.1) is 0 Å². The Balaban J connectivity index is 1.78. The van der Waals surface area contributed by atoms with E-state index >= 15 is 0 Å². The zero-order valence-electron chi connectivity index (χ0n) is 13.7. The van der Waals surface area contributed by atoms with Crippen LogP contribution in [0.2, 0.25) is 0 Å². The van der Waals surface area contributed by atoms with Gasteiger partial charge in [-0.15, -0.1) is 0 Å². The van der Waals surface area contributed by atoms with Gasteiger partial charge in [0.2, 0.25) is 0 Å². The Morgan fingerprint density at radius 1 is 1.16 bits per heavy atom. The summed E-state index contributed by atoms with van der Waals surface area (Å²) < 4.78 is 11.0. The number of nitrogens with one attached hydrogen (secondary N) is 1. The number of carbonyl (C=O) groups is 3. The van der Waals surface area contributed by atoms with E-state index in [1.54, 1.807) is 18.2 Å². The Hall–Kier alpha value is -3.15. The predicted molar refractivity (Wildman–Crippen MR) is 91.5 cm³/mol. The van der Waals surface area contributed by atoms with Crippen molar-refractivity contribution in [3.63, 3.8) is 0 Å². The van der Waals surface area contributed by atoms with E-state index in [0.29, 0.717) is 11.3 Å². The third-order valence-electron chi connectivity index (χ3n) is 3.77. The molecule has 6 nitrogen and oxygen atoms in total. The summed E-state index contributed by atoms with van der Waals surface area (Å²) in [6.45, 7) is 1.38. The molecule has 0 atom stereocenters. The molecule has 0 bridgehead atoms. The van der Waals surface area contributed by atoms with Gasteiger partial charge in [0, 0.05) is 12.1 Å². The molecule has 0 unspecified atom stereocenters. The highest BCUT2D eigenvalue weighted by atomic mass is 16.5. The topological polar surface area (TPSA) is 81.7 Å². The number of para-hydroxylation sites is 1. The molecule has 0 saturated heterocycles. The SMILES string of the molecule is CC(=O)c1ccc(OCC(=O)Nc2ccccc2)c2c1OCCC2=O. The lowest BCUT2D eigenvalue weighted by Crippen LogP contribution is -2.23. The molecule has 1 heterocycles. The van der Waals surface area contributed by atoms with Crippen molar-refractivity contribution in [1.82, 2.24) is 0 Å². The maximum absolute atomic E-state index is 12.2. The van der Waals surface area contributed by atoms with E-state index < -0.39 is 0 Å². The first-order valence-corrected chi connectivity index (χ1v) is 7.88. The largest absolute Gasteiger partial charge is 0.491 e. The lowest BCUT2D eigenvalue weighted by molar-refractivity contribution is -0.118. The molecule has 128 valence electrons. The van der Waals surface area contributed by atoms with E-state index in [1.165, 1.54) is 13.0 Å². The molecule has 0 aromatic heterocycles. The molecule has 0 aliphatic carbocycles. The van der Waals surface area contributed by atoms with Gasteiger partial charge >= 0.3 is 0 Å². The van der Waals surface area contributed by atoms with Crippen LogP contribution in [0.1, 0.15) is 34.1 Å². The normalized spacial score (nSPS) is 12.8. The zero-order valence-corrected chi connectivity index (χ0v) is 13.7. The highest BCUT2D eigenvalue weighted by molar-refractivity contribution is 6.07. The smallest absolute Gasteiger partial charge is 0.262 e. The van der Waals surface area contributed by atoms with Gasteiger partial charge < -0.3 is 14.8 Å². The number of carbonyl (C=O) groups excluding carboxylic acids is 3. The second kappa shape index (κ2) is 7.17. The summed E-state index contributed by atoms with van der Waals surface area (Å²) in [6.07, 6.45) is 0.209. The fraction of sp³-hybridized carbons (Fsp3) is 0.211.